The van der Waals surface area contributed by atoms with Crippen LogP contribution in [0.4, 0.5) is 0 Å². The van der Waals surface area contributed by atoms with Gasteiger partial charge >= 0.3 is 11.9 Å². The third-order valence-electron chi connectivity index (χ3n) is 5.70. The molecule has 0 bridgehead atoms. The van der Waals surface area contributed by atoms with Crippen molar-refractivity contribution in [1.29, 1.82) is 0 Å². The van der Waals surface area contributed by atoms with Crippen molar-refractivity contribution in [2.75, 3.05) is 33.4 Å². The largest absolute Gasteiger partial charge is 0.496 e. The Morgan fingerprint density at radius 2 is 1.97 bits per heavy atom. The highest BCUT2D eigenvalue weighted by Gasteiger charge is 2.31. The molecule has 1 unspecified atom stereocenters. The molecule has 1 aromatic rings. The van der Waals surface area contributed by atoms with E-state index >= 15 is 0 Å². The van der Waals surface area contributed by atoms with E-state index in [4.69, 9.17) is 18.9 Å². The normalized spacial score (nSPS) is 18.4. The van der Waals surface area contributed by atoms with E-state index in [0.717, 1.165) is 24.0 Å². The summed E-state index contributed by atoms with van der Waals surface area (Å²) in [6, 6.07) is 5.46. The van der Waals surface area contributed by atoms with Crippen molar-refractivity contribution < 1.29 is 28.5 Å². The Kier molecular flexibility index (Phi) is 8.76. The second kappa shape index (κ2) is 11.7. The molecular formula is C24H33NO6. The first-order valence-electron chi connectivity index (χ1n) is 11.2. The molecule has 170 valence electrons. The molecule has 7 heteroatoms. The lowest BCUT2D eigenvalue weighted by molar-refractivity contribution is -0.149. The Balaban J connectivity index is 1.53. The molecule has 0 spiro atoms. The SMILES string of the molecule is CCOC(=O)C1Oc2cccc(OC)c2C=C1CNCCC(=O)OCC1CCCCC1. The molecule has 1 atom stereocenters. The quantitative estimate of drug-likeness (QED) is 0.448. The van der Waals surface area contributed by atoms with Gasteiger partial charge in [0.15, 0.2) is 0 Å². The average molecular weight is 432 g/mol. The molecular weight excluding hydrogens is 398 g/mol. The molecule has 1 fully saturated rings. The lowest BCUT2D eigenvalue weighted by atomic mass is 9.90. The van der Waals surface area contributed by atoms with Crippen molar-refractivity contribution in [3.8, 4) is 11.5 Å². The average Bonchev–Trinajstić information content (AvgIpc) is 2.80. The van der Waals surface area contributed by atoms with Crippen LogP contribution >= 0.6 is 0 Å². The summed E-state index contributed by atoms with van der Waals surface area (Å²) in [5, 5.41) is 3.22. The molecule has 1 aliphatic carbocycles. The van der Waals surface area contributed by atoms with Gasteiger partial charge in [-0.15, -0.1) is 0 Å². The number of esters is 2. The van der Waals surface area contributed by atoms with Gasteiger partial charge in [-0.3, -0.25) is 4.79 Å². The maximum atomic E-state index is 12.4. The smallest absolute Gasteiger partial charge is 0.351 e. The van der Waals surface area contributed by atoms with E-state index in [9.17, 15) is 9.59 Å². The number of methoxy groups -OCH3 is 1. The van der Waals surface area contributed by atoms with E-state index < -0.39 is 12.1 Å². The number of hydrogen-bond acceptors (Lipinski definition) is 7. The van der Waals surface area contributed by atoms with Crippen LogP contribution in [0, 0.1) is 5.92 Å². The molecule has 1 aliphatic heterocycles. The summed E-state index contributed by atoms with van der Waals surface area (Å²) in [6.07, 6.45) is 7.41. The number of ether oxygens (including phenoxy) is 4. The predicted octanol–water partition coefficient (Wildman–Crippen LogP) is 3.51. The van der Waals surface area contributed by atoms with Crippen LogP contribution in [0.5, 0.6) is 11.5 Å². The van der Waals surface area contributed by atoms with Crippen LogP contribution in [0.25, 0.3) is 6.08 Å². The summed E-state index contributed by atoms with van der Waals surface area (Å²) in [6.45, 7) is 3.40. The van der Waals surface area contributed by atoms with E-state index in [0.29, 0.717) is 37.1 Å². The van der Waals surface area contributed by atoms with Gasteiger partial charge in [-0.1, -0.05) is 25.3 Å². The van der Waals surface area contributed by atoms with Gasteiger partial charge in [-0.25, -0.2) is 4.79 Å². The van der Waals surface area contributed by atoms with Crippen LogP contribution in [-0.4, -0.2) is 51.5 Å². The van der Waals surface area contributed by atoms with Crippen molar-refractivity contribution in [3.63, 3.8) is 0 Å². The zero-order valence-corrected chi connectivity index (χ0v) is 18.5. The molecule has 31 heavy (non-hydrogen) atoms. The number of carbonyl (C=O) groups excluding carboxylic acids is 2. The summed E-state index contributed by atoms with van der Waals surface area (Å²) in [5.74, 6) is 1.13. The molecule has 0 radical (unpaired) electrons. The van der Waals surface area contributed by atoms with Gasteiger partial charge < -0.3 is 24.3 Å². The Morgan fingerprint density at radius 1 is 1.16 bits per heavy atom. The summed E-state index contributed by atoms with van der Waals surface area (Å²) < 4.78 is 22.0. The third kappa shape index (κ3) is 6.47. The first-order valence-corrected chi connectivity index (χ1v) is 11.2. The lowest BCUT2D eigenvalue weighted by Gasteiger charge is -2.27. The fraction of sp³-hybridized carbons (Fsp3) is 0.583. The minimum absolute atomic E-state index is 0.194. The number of fused-ring (bicyclic) bond motifs is 1. The number of nitrogens with one attached hydrogen (secondary N) is 1. The maximum Gasteiger partial charge on any atom is 0.351 e. The highest BCUT2D eigenvalue weighted by atomic mass is 16.6. The van der Waals surface area contributed by atoms with Crippen molar-refractivity contribution in [1.82, 2.24) is 5.32 Å². The first kappa shape index (κ1) is 23.1. The number of carbonyl (C=O) groups is 2. The van der Waals surface area contributed by atoms with Gasteiger partial charge in [0.2, 0.25) is 6.10 Å². The van der Waals surface area contributed by atoms with Crippen molar-refractivity contribution >= 4 is 18.0 Å². The fourth-order valence-corrected chi connectivity index (χ4v) is 4.03. The van der Waals surface area contributed by atoms with Gasteiger partial charge in [0.05, 0.1) is 32.3 Å². The number of benzene rings is 1. The molecule has 0 saturated heterocycles. The van der Waals surface area contributed by atoms with E-state index in [1.54, 1.807) is 20.1 Å². The zero-order chi connectivity index (χ0) is 22.1. The second-order valence-electron chi connectivity index (χ2n) is 7.96. The summed E-state index contributed by atoms with van der Waals surface area (Å²) in [7, 11) is 1.59. The van der Waals surface area contributed by atoms with E-state index in [-0.39, 0.29) is 19.0 Å². The molecule has 3 rings (SSSR count). The molecule has 7 nitrogen and oxygen atoms in total. The van der Waals surface area contributed by atoms with E-state index in [2.05, 4.69) is 5.32 Å². The highest BCUT2D eigenvalue weighted by Crippen LogP contribution is 2.36. The van der Waals surface area contributed by atoms with E-state index in [1.165, 1.54) is 19.3 Å². The van der Waals surface area contributed by atoms with Crippen LogP contribution < -0.4 is 14.8 Å². The molecule has 0 aromatic heterocycles. The lowest BCUT2D eigenvalue weighted by Crippen LogP contribution is -2.37. The maximum absolute atomic E-state index is 12.4. The van der Waals surface area contributed by atoms with Gasteiger partial charge in [0, 0.05) is 13.1 Å². The fourth-order valence-electron chi connectivity index (χ4n) is 4.03. The number of hydrogen-bond donors (Lipinski definition) is 1. The molecule has 0 amide bonds. The van der Waals surface area contributed by atoms with Crippen LogP contribution in [-0.2, 0) is 19.1 Å². The number of rotatable bonds is 10. The van der Waals surface area contributed by atoms with Crippen LogP contribution in [0.3, 0.4) is 0 Å². The van der Waals surface area contributed by atoms with E-state index in [1.807, 2.05) is 18.2 Å². The Hall–Kier alpha value is -2.54. The zero-order valence-electron chi connectivity index (χ0n) is 18.5. The summed E-state index contributed by atoms with van der Waals surface area (Å²) in [5.41, 5.74) is 1.51. The van der Waals surface area contributed by atoms with Crippen LogP contribution in [0.2, 0.25) is 0 Å². The van der Waals surface area contributed by atoms with Crippen LogP contribution in [0.15, 0.2) is 23.8 Å². The Morgan fingerprint density at radius 3 is 2.71 bits per heavy atom. The molecule has 1 heterocycles. The van der Waals surface area contributed by atoms with Crippen molar-refractivity contribution in [3.05, 3.63) is 29.3 Å². The summed E-state index contributed by atoms with van der Waals surface area (Å²) >= 11 is 0. The monoisotopic (exact) mass is 431 g/mol. The standard InChI is InChI=1S/C24H33NO6/c1-3-29-24(27)23-18(14-19-20(28-2)10-7-11-21(19)31-23)15-25-13-12-22(26)30-16-17-8-5-4-6-9-17/h7,10-11,14,17,23,25H,3-6,8-9,12-13,15-16H2,1-2H3. The molecule has 1 N–H and O–H groups in total. The van der Waals surface area contributed by atoms with Crippen molar-refractivity contribution in [2.24, 2.45) is 5.92 Å². The van der Waals surface area contributed by atoms with Crippen LogP contribution in [0.1, 0.15) is 51.0 Å². The Bertz CT molecular complexity index is 784. The van der Waals surface area contributed by atoms with Gasteiger partial charge in [0.1, 0.15) is 11.5 Å². The molecule has 1 aromatic carbocycles. The first-order chi connectivity index (χ1) is 15.1. The molecule has 1 saturated carbocycles. The highest BCUT2D eigenvalue weighted by molar-refractivity contribution is 5.84. The minimum Gasteiger partial charge on any atom is -0.496 e. The second-order valence-corrected chi connectivity index (χ2v) is 7.96. The van der Waals surface area contributed by atoms with Crippen molar-refractivity contribution in [2.45, 2.75) is 51.6 Å². The molecule has 2 aliphatic rings. The summed E-state index contributed by atoms with van der Waals surface area (Å²) in [4.78, 5) is 24.5. The predicted molar refractivity (Wildman–Crippen MR) is 117 cm³/mol. The van der Waals surface area contributed by atoms with Gasteiger partial charge in [-0.2, -0.15) is 0 Å². The third-order valence-corrected chi connectivity index (χ3v) is 5.70. The minimum atomic E-state index is -0.828. The van der Waals surface area contributed by atoms with Gasteiger partial charge in [-0.05, 0) is 49.5 Å². The topological polar surface area (TPSA) is 83.1 Å². The van der Waals surface area contributed by atoms with Gasteiger partial charge in [0.25, 0.3) is 0 Å². The Labute approximate surface area is 184 Å².